The fraction of sp³-hybridized carbons (Fsp3) is 0.417. The predicted octanol–water partition coefficient (Wildman–Crippen LogP) is 0.401. The van der Waals surface area contributed by atoms with Crippen molar-refractivity contribution in [1.82, 2.24) is 0 Å². The van der Waals surface area contributed by atoms with Crippen molar-refractivity contribution in [2.45, 2.75) is 24.2 Å². The average molecular weight is 283 g/mol. The van der Waals surface area contributed by atoms with Gasteiger partial charge in [0.1, 0.15) is 4.90 Å². The topological polar surface area (TPSA) is 115 Å². The van der Waals surface area contributed by atoms with Gasteiger partial charge in [0, 0.05) is 6.54 Å². The summed E-state index contributed by atoms with van der Waals surface area (Å²) in [5, 5.41) is 7.75. The maximum atomic E-state index is 12.2. The molecule has 6 nitrogen and oxygen atoms in total. The highest BCUT2D eigenvalue weighted by molar-refractivity contribution is 7.89. The first-order chi connectivity index (χ1) is 8.89. The zero-order valence-electron chi connectivity index (χ0n) is 10.4. The second kappa shape index (κ2) is 4.92. The Labute approximate surface area is 112 Å². The van der Waals surface area contributed by atoms with E-state index in [2.05, 4.69) is 5.32 Å². The lowest BCUT2D eigenvalue weighted by atomic mass is 9.68. The Balaban J connectivity index is 2.27. The molecule has 7 heteroatoms. The molecule has 1 aromatic carbocycles. The summed E-state index contributed by atoms with van der Waals surface area (Å²) in [6, 6.07) is 6.07. The van der Waals surface area contributed by atoms with Gasteiger partial charge >= 0.3 is 0 Å². The van der Waals surface area contributed by atoms with Crippen LogP contribution in [-0.2, 0) is 14.8 Å². The van der Waals surface area contributed by atoms with Crippen molar-refractivity contribution in [3.05, 3.63) is 24.3 Å². The summed E-state index contributed by atoms with van der Waals surface area (Å²) < 4.78 is 22.9. The SMILES string of the molecule is NCC1(C(=O)Nc2ccccc2S(N)(=O)=O)CCC1. The first-order valence-corrected chi connectivity index (χ1v) is 7.57. The third kappa shape index (κ3) is 2.63. The lowest BCUT2D eigenvalue weighted by Crippen LogP contribution is -2.47. The largest absolute Gasteiger partial charge is 0.329 e. The number of nitrogens with two attached hydrogens (primary N) is 2. The van der Waals surface area contributed by atoms with E-state index in [4.69, 9.17) is 10.9 Å². The van der Waals surface area contributed by atoms with Crippen molar-refractivity contribution < 1.29 is 13.2 Å². The van der Waals surface area contributed by atoms with Gasteiger partial charge in [-0.1, -0.05) is 18.6 Å². The standard InChI is InChI=1S/C12H17N3O3S/c13-8-12(6-3-7-12)11(16)15-9-4-1-2-5-10(9)19(14,17)18/h1-2,4-5H,3,6-8,13H2,(H,15,16)(H2,14,17,18). The molecule has 1 aliphatic rings. The van der Waals surface area contributed by atoms with Crippen LogP contribution < -0.4 is 16.2 Å². The molecule has 2 rings (SSSR count). The van der Waals surface area contributed by atoms with E-state index in [0.717, 1.165) is 19.3 Å². The van der Waals surface area contributed by atoms with Crippen LogP contribution in [0.5, 0.6) is 0 Å². The molecule has 0 atom stereocenters. The number of para-hydroxylation sites is 1. The van der Waals surface area contributed by atoms with Crippen molar-refractivity contribution in [3.8, 4) is 0 Å². The number of carbonyl (C=O) groups excluding carboxylic acids is 1. The molecule has 1 amide bonds. The van der Waals surface area contributed by atoms with Crippen molar-refractivity contribution >= 4 is 21.6 Å². The van der Waals surface area contributed by atoms with Gasteiger partial charge < -0.3 is 11.1 Å². The highest BCUT2D eigenvalue weighted by atomic mass is 32.2. The van der Waals surface area contributed by atoms with Crippen molar-refractivity contribution in [2.24, 2.45) is 16.3 Å². The third-order valence-electron chi connectivity index (χ3n) is 3.62. The number of benzene rings is 1. The maximum absolute atomic E-state index is 12.2. The Bertz CT molecular complexity index is 588. The molecular formula is C12H17N3O3S. The van der Waals surface area contributed by atoms with Crippen LogP contribution in [0.1, 0.15) is 19.3 Å². The minimum Gasteiger partial charge on any atom is -0.329 e. The minimum atomic E-state index is -3.87. The normalized spacial score (nSPS) is 17.6. The van der Waals surface area contributed by atoms with Gasteiger partial charge in [-0.05, 0) is 25.0 Å². The fourth-order valence-electron chi connectivity index (χ4n) is 2.20. The van der Waals surface area contributed by atoms with Gasteiger partial charge in [-0.25, -0.2) is 13.6 Å². The Hall–Kier alpha value is -1.44. The van der Waals surface area contributed by atoms with Crippen molar-refractivity contribution in [3.63, 3.8) is 0 Å². The molecule has 1 fully saturated rings. The summed E-state index contributed by atoms with van der Waals surface area (Å²) in [6.07, 6.45) is 2.42. The number of hydrogen-bond donors (Lipinski definition) is 3. The predicted molar refractivity (Wildman–Crippen MR) is 71.8 cm³/mol. The molecule has 0 saturated heterocycles. The average Bonchev–Trinajstić information content (AvgIpc) is 2.27. The first-order valence-electron chi connectivity index (χ1n) is 6.02. The van der Waals surface area contributed by atoms with Crippen LogP contribution >= 0.6 is 0 Å². The quantitative estimate of drug-likeness (QED) is 0.741. The van der Waals surface area contributed by atoms with Crippen LogP contribution in [-0.4, -0.2) is 20.9 Å². The molecule has 1 aliphatic carbocycles. The van der Waals surface area contributed by atoms with E-state index in [0.29, 0.717) is 0 Å². The second-order valence-electron chi connectivity index (χ2n) is 4.83. The van der Waals surface area contributed by atoms with E-state index in [-0.39, 0.29) is 23.0 Å². The minimum absolute atomic E-state index is 0.0881. The van der Waals surface area contributed by atoms with Gasteiger partial charge in [0.25, 0.3) is 0 Å². The molecule has 0 spiro atoms. The first kappa shape index (κ1) is 14.0. The molecule has 0 unspecified atom stereocenters. The number of hydrogen-bond acceptors (Lipinski definition) is 4. The van der Waals surface area contributed by atoms with Gasteiger partial charge in [-0.2, -0.15) is 0 Å². The van der Waals surface area contributed by atoms with Crippen molar-refractivity contribution in [1.29, 1.82) is 0 Å². The number of anilines is 1. The molecule has 0 bridgehead atoms. The molecule has 0 radical (unpaired) electrons. The van der Waals surface area contributed by atoms with Gasteiger partial charge in [-0.3, -0.25) is 4.79 Å². The number of nitrogens with one attached hydrogen (secondary N) is 1. The van der Waals surface area contributed by atoms with Crippen molar-refractivity contribution in [2.75, 3.05) is 11.9 Å². The number of sulfonamides is 1. The highest BCUT2D eigenvalue weighted by Crippen LogP contribution is 2.41. The third-order valence-corrected chi connectivity index (χ3v) is 4.59. The molecule has 5 N–H and O–H groups in total. The lowest BCUT2D eigenvalue weighted by molar-refractivity contribution is -0.129. The van der Waals surface area contributed by atoms with E-state index in [1.54, 1.807) is 12.1 Å². The van der Waals surface area contributed by atoms with Gasteiger partial charge in [0.15, 0.2) is 0 Å². The van der Waals surface area contributed by atoms with E-state index in [1.165, 1.54) is 12.1 Å². The Morgan fingerprint density at radius 1 is 1.32 bits per heavy atom. The molecule has 104 valence electrons. The second-order valence-corrected chi connectivity index (χ2v) is 6.36. The molecule has 1 aromatic rings. The van der Waals surface area contributed by atoms with Crippen LogP contribution in [0.3, 0.4) is 0 Å². The van der Waals surface area contributed by atoms with Crippen LogP contribution in [0, 0.1) is 5.41 Å². The summed E-state index contributed by atoms with van der Waals surface area (Å²) in [7, 11) is -3.87. The molecule has 0 aromatic heterocycles. The van der Waals surface area contributed by atoms with Crippen LogP contribution in [0.4, 0.5) is 5.69 Å². The number of amides is 1. The summed E-state index contributed by atoms with van der Waals surface area (Å²) >= 11 is 0. The van der Waals surface area contributed by atoms with Crippen LogP contribution in [0.15, 0.2) is 29.2 Å². The smallest absolute Gasteiger partial charge is 0.240 e. The zero-order valence-corrected chi connectivity index (χ0v) is 11.2. The summed E-state index contributed by atoms with van der Waals surface area (Å²) in [4.78, 5) is 12.1. The highest BCUT2D eigenvalue weighted by Gasteiger charge is 2.43. The van der Waals surface area contributed by atoms with Crippen LogP contribution in [0.2, 0.25) is 0 Å². The summed E-state index contributed by atoms with van der Waals surface area (Å²) in [5.41, 5.74) is 5.28. The number of rotatable bonds is 4. The van der Waals surface area contributed by atoms with Gasteiger partial charge in [-0.15, -0.1) is 0 Å². The Kier molecular flexibility index (Phi) is 3.62. The zero-order chi connectivity index (χ0) is 14.1. The van der Waals surface area contributed by atoms with E-state index in [1.807, 2.05) is 0 Å². The van der Waals surface area contributed by atoms with Crippen LogP contribution in [0.25, 0.3) is 0 Å². The number of carbonyl (C=O) groups is 1. The molecule has 19 heavy (non-hydrogen) atoms. The fourth-order valence-corrected chi connectivity index (χ4v) is 2.89. The summed E-state index contributed by atoms with van der Waals surface area (Å²) in [5.74, 6) is -0.239. The van der Waals surface area contributed by atoms with E-state index < -0.39 is 15.4 Å². The molecule has 0 heterocycles. The number of primary sulfonamides is 1. The van der Waals surface area contributed by atoms with E-state index >= 15 is 0 Å². The lowest BCUT2D eigenvalue weighted by Gasteiger charge is -2.39. The summed E-state index contributed by atoms with van der Waals surface area (Å²) in [6.45, 7) is 0.260. The van der Waals surface area contributed by atoms with E-state index in [9.17, 15) is 13.2 Å². The monoisotopic (exact) mass is 283 g/mol. The van der Waals surface area contributed by atoms with Gasteiger partial charge in [0.05, 0.1) is 11.1 Å². The molecule has 0 aliphatic heterocycles. The molecular weight excluding hydrogens is 266 g/mol. The Morgan fingerprint density at radius 2 is 1.95 bits per heavy atom. The Morgan fingerprint density at radius 3 is 2.42 bits per heavy atom. The maximum Gasteiger partial charge on any atom is 0.240 e. The van der Waals surface area contributed by atoms with Gasteiger partial charge in [0.2, 0.25) is 15.9 Å². The molecule has 1 saturated carbocycles.